The van der Waals surface area contributed by atoms with Gasteiger partial charge in [-0.2, -0.15) is 0 Å². The molecule has 2 N–H and O–H groups in total. The van der Waals surface area contributed by atoms with Gasteiger partial charge in [0.15, 0.2) is 0 Å². The molecule has 1 unspecified atom stereocenters. The van der Waals surface area contributed by atoms with Gasteiger partial charge in [0.25, 0.3) is 0 Å². The van der Waals surface area contributed by atoms with Crippen LogP contribution < -0.4 is 4.72 Å². The number of hydrogen-bond donors (Lipinski definition) is 2. The highest BCUT2D eigenvalue weighted by Gasteiger charge is 2.22. The van der Waals surface area contributed by atoms with Crippen molar-refractivity contribution < 1.29 is 18.3 Å². The summed E-state index contributed by atoms with van der Waals surface area (Å²) in [5, 5.41) is 9.00. The highest BCUT2D eigenvalue weighted by Crippen LogP contribution is 2.18. The summed E-state index contributed by atoms with van der Waals surface area (Å²) in [7, 11) is -3.64. The maximum atomic E-state index is 12.3. The monoisotopic (exact) mass is 319 g/mol. The molecule has 0 bridgehead atoms. The fourth-order valence-electron chi connectivity index (χ4n) is 2.14. The van der Waals surface area contributed by atoms with E-state index in [1.165, 1.54) is 0 Å². The highest BCUT2D eigenvalue weighted by atomic mass is 32.2. The second kappa shape index (κ2) is 7.20. The summed E-state index contributed by atoms with van der Waals surface area (Å²) in [6.07, 6.45) is -0.308. The van der Waals surface area contributed by atoms with Crippen LogP contribution in [0.15, 0.2) is 60.7 Å². The van der Waals surface area contributed by atoms with Gasteiger partial charge in [0.1, 0.15) is 0 Å². The number of carbonyl (C=O) groups is 1. The van der Waals surface area contributed by atoms with E-state index in [9.17, 15) is 13.2 Å². The SMILES string of the molecule is O=C(O)CC(NS(=O)(=O)Cc1ccccc1)c1ccccc1. The molecule has 0 saturated carbocycles. The summed E-state index contributed by atoms with van der Waals surface area (Å²) in [5.74, 6) is -1.24. The first-order valence-electron chi connectivity index (χ1n) is 6.77. The molecule has 0 radical (unpaired) electrons. The first kappa shape index (κ1) is 16.2. The minimum absolute atomic E-state index is 0.184. The summed E-state index contributed by atoms with van der Waals surface area (Å²) >= 11 is 0. The quantitative estimate of drug-likeness (QED) is 0.820. The van der Waals surface area contributed by atoms with Gasteiger partial charge in [-0.25, -0.2) is 13.1 Å². The summed E-state index contributed by atoms with van der Waals surface area (Å²) in [6, 6.07) is 16.7. The predicted molar refractivity (Wildman–Crippen MR) is 83.6 cm³/mol. The van der Waals surface area contributed by atoms with Crippen molar-refractivity contribution in [1.82, 2.24) is 4.72 Å². The molecule has 0 fully saturated rings. The van der Waals surface area contributed by atoms with E-state index in [1.54, 1.807) is 60.7 Å². The maximum absolute atomic E-state index is 12.3. The molecule has 5 nitrogen and oxygen atoms in total. The van der Waals surface area contributed by atoms with Crippen LogP contribution in [0.1, 0.15) is 23.6 Å². The Kier molecular flexibility index (Phi) is 5.30. The second-order valence-corrected chi connectivity index (χ2v) is 6.68. The molecule has 0 heterocycles. The summed E-state index contributed by atoms with van der Waals surface area (Å²) < 4.78 is 27.0. The van der Waals surface area contributed by atoms with Crippen LogP contribution in [0.25, 0.3) is 0 Å². The van der Waals surface area contributed by atoms with E-state index in [0.29, 0.717) is 11.1 Å². The number of aliphatic carboxylic acids is 1. The topological polar surface area (TPSA) is 83.5 Å². The van der Waals surface area contributed by atoms with E-state index in [2.05, 4.69) is 4.72 Å². The van der Waals surface area contributed by atoms with Crippen LogP contribution in [0.5, 0.6) is 0 Å². The van der Waals surface area contributed by atoms with Crippen LogP contribution in [0.2, 0.25) is 0 Å². The molecule has 2 aromatic rings. The molecule has 22 heavy (non-hydrogen) atoms. The largest absolute Gasteiger partial charge is 0.481 e. The number of nitrogens with one attached hydrogen (secondary N) is 1. The molecule has 2 rings (SSSR count). The molecule has 0 aliphatic carbocycles. The number of sulfonamides is 1. The lowest BCUT2D eigenvalue weighted by molar-refractivity contribution is -0.137. The van der Waals surface area contributed by atoms with Crippen molar-refractivity contribution in [3.8, 4) is 0 Å². The zero-order chi connectivity index (χ0) is 16.0. The molecule has 2 aromatic carbocycles. The van der Waals surface area contributed by atoms with E-state index < -0.39 is 22.0 Å². The lowest BCUT2D eigenvalue weighted by atomic mass is 10.1. The molecule has 1 atom stereocenters. The van der Waals surface area contributed by atoms with Gasteiger partial charge in [0.2, 0.25) is 10.0 Å². The zero-order valence-corrected chi connectivity index (χ0v) is 12.7. The van der Waals surface area contributed by atoms with E-state index in [1.807, 2.05) is 0 Å². The Morgan fingerprint density at radius 1 is 1.00 bits per heavy atom. The summed E-state index contributed by atoms with van der Waals surface area (Å²) in [6.45, 7) is 0. The van der Waals surface area contributed by atoms with Crippen LogP contribution in [0.3, 0.4) is 0 Å². The van der Waals surface area contributed by atoms with Crippen molar-refractivity contribution in [3.05, 3.63) is 71.8 Å². The van der Waals surface area contributed by atoms with E-state index in [4.69, 9.17) is 5.11 Å². The van der Waals surface area contributed by atoms with Crippen LogP contribution in [0, 0.1) is 0 Å². The number of benzene rings is 2. The number of carboxylic acid groups (broad SMARTS) is 1. The fourth-order valence-corrected chi connectivity index (χ4v) is 3.51. The van der Waals surface area contributed by atoms with Crippen LogP contribution in [0.4, 0.5) is 0 Å². The Hall–Kier alpha value is -2.18. The van der Waals surface area contributed by atoms with Gasteiger partial charge in [-0.3, -0.25) is 4.79 Å². The molecule has 0 aromatic heterocycles. The molecule has 0 aliphatic rings. The first-order chi connectivity index (χ1) is 10.5. The van der Waals surface area contributed by atoms with Crippen molar-refractivity contribution in [3.63, 3.8) is 0 Å². The molecular weight excluding hydrogens is 302 g/mol. The Bertz CT molecular complexity index is 714. The molecule has 116 valence electrons. The average Bonchev–Trinajstić information content (AvgIpc) is 2.47. The molecule has 0 aliphatic heterocycles. The molecule has 0 spiro atoms. The minimum atomic E-state index is -3.64. The lowest BCUT2D eigenvalue weighted by Crippen LogP contribution is -2.31. The molecular formula is C16H17NO4S. The number of rotatable bonds is 7. The second-order valence-electron chi connectivity index (χ2n) is 4.92. The highest BCUT2D eigenvalue weighted by molar-refractivity contribution is 7.88. The van der Waals surface area contributed by atoms with Crippen LogP contribution in [-0.4, -0.2) is 19.5 Å². The molecule has 0 saturated heterocycles. The van der Waals surface area contributed by atoms with Crippen LogP contribution in [-0.2, 0) is 20.6 Å². The van der Waals surface area contributed by atoms with Gasteiger partial charge in [0.05, 0.1) is 18.2 Å². The zero-order valence-electron chi connectivity index (χ0n) is 11.8. The van der Waals surface area contributed by atoms with Crippen LogP contribution >= 0.6 is 0 Å². The predicted octanol–water partition coefficient (Wildman–Crippen LogP) is 2.32. The van der Waals surface area contributed by atoms with Gasteiger partial charge < -0.3 is 5.11 Å². The standard InChI is InChI=1S/C16H17NO4S/c18-16(19)11-15(14-9-5-2-6-10-14)17-22(20,21)12-13-7-3-1-4-8-13/h1-10,15,17H,11-12H2,(H,18,19). The van der Waals surface area contributed by atoms with Gasteiger partial charge in [-0.15, -0.1) is 0 Å². The van der Waals surface area contributed by atoms with Gasteiger partial charge in [-0.1, -0.05) is 60.7 Å². The van der Waals surface area contributed by atoms with Gasteiger partial charge in [-0.05, 0) is 11.1 Å². The smallest absolute Gasteiger partial charge is 0.305 e. The van der Waals surface area contributed by atoms with Crippen molar-refractivity contribution in [2.24, 2.45) is 0 Å². The number of carboxylic acids is 1. The molecule has 0 amide bonds. The normalized spacial score (nSPS) is 12.7. The maximum Gasteiger partial charge on any atom is 0.305 e. The third-order valence-electron chi connectivity index (χ3n) is 3.10. The van der Waals surface area contributed by atoms with Crippen molar-refractivity contribution in [2.75, 3.05) is 0 Å². The molecule has 6 heteroatoms. The van der Waals surface area contributed by atoms with Crippen molar-refractivity contribution in [1.29, 1.82) is 0 Å². The number of hydrogen-bond acceptors (Lipinski definition) is 3. The summed E-state index contributed by atoms with van der Waals surface area (Å²) in [5.41, 5.74) is 1.28. The van der Waals surface area contributed by atoms with Gasteiger partial charge in [0, 0.05) is 0 Å². The summed E-state index contributed by atoms with van der Waals surface area (Å²) in [4.78, 5) is 11.0. The van der Waals surface area contributed by atoms with E-state index in [-0.39, 0.29) is 12.2 Å². The Morgan fingerprint density at radius 3 is 2.09 bits per heavy atom. The lowest BCUT2D eigenvalue weighted by Gasteiger charge is -2.17. The fraction of sp³-hybridized carbons (Fsp3) is 0.188. The van der Waals surface area contributed by atoms with Crippen molar-refractivity contribution in [2.45, 2.75) is 18.2 Å². The Morgan fingerprint density at radius 2 is 1.55 bits per heavy atom. The third kappa shape index (κ3) is 4.98. The van der Waals surface area contributed by atoms with Crippen molar-refractivity contribution >= 4 is 16.0 Å². The Balaban J connectivity index is 2.17. The van der Waals surface area contributed by atoms with E-state index in [0.717, 1.165) is 0 Å². The third-order valence-corrected chi connectivity index (χ3v) is 4.46. The average molecular weight is 319 g/mol. The Labute approximate surface area is 129 Å². The van der Waals surface area contributed by atoms with E-state index >= 15 is 0 Å². The first-order valence-corrected chi connectivity index (χ1v) is 8.42. The van der Waals surface area contributed by atoms with Gasteiger partial charge >= 0.3 is 5.97 Å². The minimum Gasteiger partial charge on any atom is -0.481 e.